The van der Waals surface area contributed by atoms with Gasteiger partial charge in [0, 0.05) is 21.0 Å². The van der Waals surface area contributed by atoms with E-state index in [0.29, 0.717) is 21.3 Å². The van der Waals surface area contributed by atoms with Crippen LogP contribution in [0.4, 0.5) is 0 Å². The lowest BCUT2D eigenvalue weighted by Gasteiger charge is -2.12. The van der Waals surface area contributed by atoms with E-state index in [2.05, 4.69) is 9.97 Å². The highest BCUT2D eigenvalue weighted by molar-refractivity contribution is 7.62. The van der Waals surface area contributed by atoms with Crippen molar-refractivity contribution < 1.29 is 9.30 Å². The molecule has 124 valence electrons. The van der Waals surface area contributed by atoms with Gasteiger partial charge in [-0.15, -0.1) is 0 Å². The van der Waals surface area contributed by atoms with Gasteiger partial charge in [-0.3, -0.25) is 0 Å². The zero-order chi connectivity index (χ0) is 17.3. The predicted molar refractivity (Wildman–Crippen MR) is 99.9 cm³/mol. The zero-order valence-electron chi connectivity index (χ0n) is 13.2. The Morgan fingerprint density at radius 3 is 2.54 bits per heavy atom. The third-order valence-electron chi connectivity index (χ3n) is 3.27. The first-order valence-electron chi connectivity index (χ1n) is 7.22. The Morgan fingerprint density at radius 1 is 1.08 bits per heavy atom. The largest absolute Gasteiger partial charge is 0.456 e. The number of aromatic nitrogens is 2. The summed E-state index contributed by atoms with van der Waals surface area (Å²) in [5.74, 6) is 0. The van der Waals surface area contributed by atoms with E-state index in [0.717, 1.165) is 10.9 Å². The van der Waals surface area contributed by atoms with Crippen molar-refractivity contribution in [2.24, 2.45) is 0 Å². The molecule has 0 bridgehead atoms. The van der Waals surface area contributed by atoms with Crippen molar-refractivity contribution in [3.8, 4) is 17.3 Å². The third-order valence-corrected chi connectivity index (χ3v) is 4.59. The van der Waals surface area contributed by atoms with Crippen LogP contribution in [0.15, 0.2) is 42.5 Å². The van der Waals surface area contributed by atoms with Crippen molar-refractivity contribution in [3.05, 3.63) is 52.5 Å². The normalized spacial score (nSPS) is 11.7. The molecule has 2 aromatic carbocycles. The first-order chi connectivity index (χ1) is 11.3. The van der Waals surface area contributed by atoms with Gasteiger partial charge < -0.3 is 9.30 Å². The number of hydrogen-bond donors (Lipinski definition) is 0. The van der Waals surface area contributed by atoms with Crippen LogP contribution in [0.3, 0.4) is 0 Å². The minimum atomic E-state index is -2.35. The molecule has 0 amide bonds. The number of ether oxygens (including phenoxy) is 1. The molecule has 1 heterocycles. The highest BCUT2D eigenvalue weighted by atomic mass is 35.5. The molecule has 0 N–H and O–H groups in total. The Hall–Kier alpha value is -1.61. The summed E-state index contributed by atoms with van der Waals surface area (Å²) >= 11 is 12.4. The first kappa shape index (κ1) is 17.2. The quantitative estimate of drug-likeness (QED) is 0.555. The monoisotopic (exact) mass is 380 g/mol. The van der Waals surface area contributed by atoms with Crippen LogP contribution in [0.25, 0.3) is 22.2 Å². The van der Waals surface area contributed by atoms with E-state index in [-0.39, 0.29) is 12.4 Å². The van der Waals surface area contributed by atoms with Crippen LogP contribution >= 0.6 is 30.3 Å². The van der Waals surface area contributed by atoms with Crippen LogP contribution in [0.2, 0.25) is 10.0 Å². The molecular formula is C17H15Cl2N2O2P. The van der Waals surface area contributed by atoms with E-state index in [4.69, 9.17) is 27.9 Å². The highest BCUT2D eigenvalue weighted by Gasteiger charge is 2.15. The summed E-state index contributed by atoms with van der Waals surface area (Å²) in [6, 6.07) is 12.9. The average Bonchev–Trinajstić information content (AvgIpc) is 2.52. The minimum Gasteiger partial charge on any atom is -0.456 e. The van der Waals surface area contributed by atoms with E-state index >= 15 is 0 Å². The molecule has 4 nitrogen and oxygen atoms in total. The van der Waals surface area contributed by atoms with Crippen molar-refractivity contribution in [3.63, 3.8) is 0 Å². The summed E-state index contributed by atoms with van der Waals surface area (Å²) in [5, 5.41) is 1.93. The molecular weight excluding hydrogens is 366 g/mol. The molecule has 0 unspecified atom stereocenters. The van der Waals surface area contributed by atoms with Gasteiger partial charge in [0.15, 0.2) is 0 Å². The van der Waals surface area contributed by atoms with Crippen LogP contribution in [-0.4, -0.2) is 29.6 Å². The lowest BCUT2D eigenvalue weighted by Crippen LogP contribution is -2.03. The smallest absolute Gasteiger partial charge is 0.318 e. The molecule has 0 aliphatic carbocycles. The van der Waals surface area contributed by atoms with E-state index in [1.54, 1.807) is 37.6 Å². The minimum absolute atomic E-state index is 0.0774. The second kappa shape index (κ2) is 6.72. The molecule has 1 aromatic heterocycles. The van der Waals surface area contributed by atoms with Gasteiger partial charge in [-0.25, -0.2) is 0 Å². The van der Waals surface area contributed by atoms with Crippen molar-refractivity contribution >= 4 is 41.2 Å². The number of fused-ring (bicyclic) bond motifs is 1. The molecule has 7 heteroatoms. The summed E-state index contributed by atoms with van der Waals surface area (Å²) in [4.78, 5) is 8.86. The SMILES string of the molecule is CP(C)(=O)COc1nc(-c2ccccc2Cl)c2cc(Cl)ccc2n1. The van der Waals surface area contributed by atoms with Crippen molar-refractivity contribution in [1.29, 1.82) is 0 Å². The van der Waals surface area contributed by atoms with Gasteiger partial charge in [0.25, 0.3) is 0 Å². The number of benzene rings is 2. The Morgan fingerprint density at radius 2 is 1.83 bits per heavy atom. The number of nitrogens with zero attached hydrogens (tertiary/aromatic N) is 2. The second-order valence-electron chi connectivity index (χ2n) is 5.84. The fourth-order valence-electron chi connectivity index (χ4n) is 2.22. The fourth-order valence-corrected chi connectivity index (χ4v) is 3.04. The van der Waals surface area contributed by atoms with Gasteiger partial charge in [-0.2, -0.15) is 9.97 Å². The molecule has 0 saturated heterocycles. The Labute approximate surface area is 150 Å². The molecule has 0 aliphatic rings. The fraction of sp³-hybridized carbons (Fsp3) is 0.176. The molecule has 3 rings (SSSR count). The lowest BCUT2D eigenvalue weighted by atomic mass is 10.1. The maximum absolute atomic E-state index is 11.9. The van der Waals surface area contributed by atoms with Crippen LogP contribution in [0, 0.1) is 0 Å². The molecule has 3 aromatic rings. The molecule has 0 radical (unpaired) electrons. The van der Waals surface area contributed by atoms with Crippen molar-refractivity contribution in [2.75, 3.05) is 19.7 Å². The van der Waals surface area contributed by atoms with Gasteiger partial charge >= 0.3 is 6.01 Å². The Bertz CT molecular complexity index is 956. The van der Waals surface area contributed by atoms with Gasteiger partial charge in [0.2, 0.25) is 0 Å². The predicted octanol–water partition coefficient (Wildman–Crippen LogP) is 5.56. The third kappa shape index (κ3) is 3.89. The van der Waals surface area contributed by atoms with Crippen LogP contribution in [0.5, 0.6) is 6.01 Å². The first-order valence-corrected chi connectivity index (χ1v) is 10.8. The summed E-state index contributed by atoms with van der Waals surface area (Å²) in [6.45, 7) is 3.31. The Balaban J connectivity index is 2.19. The van der Waals surface area contributed by atoms with E-state index in [1.165, 1.54) is 0 Å². The summed E-state index contributed by atoms with van der Waals surface area (Å²) in [5.41, 5.74) is 2.07. The Kier molecular flexibility index (Phi) is 4.82. The van der Waals surface area contributed by atoms with E-state index < -0.39 is 7.14 Å². The van der Waals surface area contributed by atoms with Crippen molar-refractivity contribution in [2.45, 2.75) is 0 Å². The molecule has 0 saturated carbocycles. The molecule has 0 atom stereocenters. The second-order valence-corrected chi connectivity index (χ2v) is 10.1. The van der Waals surface area contributed by atoms with Crippen LogP contribution in [-0.2, 0) is 4.57 Å². The van der Waals surface area contributed by atoms with Crippen LogP contribution in [0.1, 0.15) is 0 Å². The number of hydrogen-bond acceptors (Lipinski definition) is 4. The maximum Gasteiger partial charge on any atom is 0.318 e. The van der Waals surface area contributed by atoms with Gasteiger partial charge in [-0.1, -0.05) is 41.4 Å². The molecule has 0 spiro atoms. The van der Waals surface area contributed by atoms with Crippen molar-refractivity contribution in [1.82, 2.24) is 9.97 Å². The van der Waals surface area contributed by atoms with E-state index in [1.807, 2.05) is 18.2 Å². The summed E-state index contributed by atoms with van der Waals surface area (Å²) in [6.07, 6.45) is 0.0774. The maximum atomic E-state index is 11.9. The van der Waals surface area contributed by atoms with Gasteiger partial charge in [-0.05, 0) is 37.6 Å². The summed E-state index contributed by atoms with van der Waals surface area (Å²) in [7, 11) is -2.35. The van der Waals surface area contributed by atoms with Gasteiger partial charge in [0.05, 0.1) is 11.2 Å². The van der Waals surface area contributed by atoms with E-state index in [9.17, 15) is 4.57 Å². The average molecular weight is 381 g/mol. The topological polar surface area (TPSA) is 52.1 Å². The number of rotatable bonds is 4. The number of halogens is 2. The van der Waals surface area contributed by atoms with Gasteiger partial charge in [0.1, 0.15) is 13.5 Å². The highest BCUT2D eigenvalue weighted by Crippen LogP contribution is 2.37. The standard InChI is InChI=1S/C17H15Cl2N2O2P/c1-24(2,22)10-23-17-20-15-8-7-11(18)9-13(15)16(21-17)12-5-3-4-6-14(12)19/h3-9H,10H2,1-2H3. The lowest BCUT2D eigenvalue weighted by molar-refractivity contribution is 0.350. The summed E-state index contributed by atoms with van der Waals surface area (Å²) < 4.78 is 17.4. The molecule has 0 aliphatic heterocycles. The molecule has 0 fully saturated rings. The molecule has 24 heavy (non-hydrogen) atoms. The van der Waals surface area contributed by atoms with Crippen LogP contribution < -0.4 is 4.74 Å². The zero-order valence-corrected chi connectivity index (χ0v) is 15.6.